The van der Waals surface area contributed by atoms with Crippen LogP contribution in [0.5, 0.6) is 0 Å². The summed E-state index contributed by atoms with van der Waals surface area (Å²) in [6, 6.07) is 0. The highest BCUT2D eigenvalue weighted by molar-refractivity contribution is 7.43. The van der Waals surface area contributed by atoms with Crippen molar-refractivity contribution in [3.63, 3.8) is 0 Å². The lowest BCUT2D eigenvalue weighted by Gasteiger charge is -2.14. The van der Waals surface area contributed by atoms with Crippen molar-refractivity contribution in [3.8, 4) is 0 Å². The SMILES string of the molecule is CCOP(O)N(C)C. The van der Waals surface area contributed by atoms with Crippen LogP contribution in [0.3, 0.4) is 0 Å². The maximum absolute atomic E-state index is 8.89. The zero-order valence-electron chi connectivity index (χ0n) is 5.46. The molecule has 0 saturated heterocycles. The third kappa shape index (κ3) is 3.33. The second kappa shape index (κ2) is 4.21. The Morgan fingerprint density at radius 2 is 2.12 bits per heavy atom. The normalized spacial score (nSPS) is 14.6. The van der Waals surface area contributed by atoms with Crippen molar-refractivity contribution in [2.24, 2.45) is 0 Å². The van der Waals surface area contributed by atoms with E-state index >= 15 is 0 Å². The molecule has 1 atom stereocenters. The van der Waals surface area contributed by atoms with Crippen LogP contribution in [0.25, 0.3) is 0 Å². The van der Waals surface area contributed by atoms with E-state index in [1.165, 1.54) is 0 Å². The molecular formula is C4H12NO2P. The molecule has 0 spiro atoms. The summed E-state index contributed by atoms with van der Waals surface area (Å²) >= 11 is 0. The number of hydrogen-bond acceptors (Lipinski definition) is 3. The van der Waals surface area contributed by atoms with Gasteiger partial charge in [-0.3, -0.25) is 0 Å². The maximum Gasteiger partial charge on any atom is 0.255 e. The van der Waals surface area contributed by atoms with E-state index in [0.717, 1.165) is 0 Å². The second-order valence-electron chi connectivity index (χ2n) is 1.52. The largest absolute Gasteiger partial charge is 0.338 e. The summed E-state index contributed by atoms with van der Waals surface area (Å²) in [6.07, 6.45) is 0. The van der Waals surface area contributed by atoms with Gasteiger partial charge in [0.05, 0.1) is 6.61 Å². The Morgan fingerprint density at radius 1 is 1.62 bits per heavy atom. The topological polar surface area (TPSA) is 32.7 Å². The fourth-order valence-corrected chi connectivity index (χ4v) is 0.693. The minimum absolute atomic E-state index is 0.570. The third-order valence-electron chi connectivity index (χ3n) is 0.587. The molecule has 1 N–H and O–H groups in total. The first-order chi connectivity index (χ1) is 3.68. The number of rotatable bonds is 3. The second-order valence-corrected chi connectivity index (χ2v) is 3.08. The molecule has 0 aromatic heterocycles. The average Bonchev–Trinajstić information content (AvgIpc) is 1.67. The number of nitrogens with zero attached hydrogens (tertiary/aromatic N) is 1. The quantitative estimate of drug-likeness (QED) is 0.584. The van der Waals surface area contributed by atoms with Crippen molar-refractivity contribution >= 4 is 8.53 Å². The minimum atomic E-state index is -1.31. The van der Waals surface area contributed by atoms with Gasteiger partial charge in [0.15, 0.2) is 0 Å². The predicted molar refractivity (Wildman–Crippen MR) is 34.5 cm³/mol. The molecule has 0 aliphatic rings. The zero-order chi connectivity index (χ0) is 6.57. The smallest absolute Gasteiger partial charge is 0.255 e. The maximum atomic E-state index is 8.89. The van der Waals surface area contributed by atoms with Crippen molar-refractivity contribution in [1.29, 1.82) is 0 Å². The third-order valence-corrected chi connectivity index (χ3v) is 1.76. The summed E-state index contributed by atoms with van der Waals surface area (Å²) < 4.78 is 6.50. The van der Waals surface area contributed by atoms with Gasteiger partial charge in [0.1, 0.15) is 0 Å². The van der Waals surface area contributed by atoms with E-state index in [9.17, 15) is 0 Å². The van der Waals surface area contributed by atoms with Gasteiger partial charge in [-0.15, -0.1) is 0 Å². The number of hydrogen-bond donors (Lipinski definition) is 1. The van der Waals surface area contributed by atoms with Crippen LogP contribution in [0.2, 0.25) is 0 Å². The fraction of sp³-hybridized carbons (Fsp3) is 1.00. The molecule has 50 valence electrons. The molecule has 4 heteroatoms. The summed E-state index contributed by atoms with van der Waals surface area (Å²) in [5, 5.41) is 0. The fourth-order valence-electron chi connectivity index (χ4n) is 0.231. The molecule has 0 heterocycles. The molecule has 8 heavy (non-hydrogen) atoms. The van der Waals surface area contributed by atoms with E-state index in [0.29, 0.717) is 6.61 Å². The molecule has 0 rings (SSSR count). The first kappa shape index (κ1) is 8.31. The van der Waals surface area contributed by atoms with Crippen molar-refractivity contribution in [3.05, 3.63) is 0 Å². The lowest BCUT2D eigenvalue weighted by molar-refractivity contribution is 0.293. The Balaban J connectivity index is 3.17. The van der Waals surface area contributed by atoms with Gasteiger partial charge in [-0.2, -0.15) is 0 Å². The van der Waals surface area contributed by atoms with Crippen LogP contribution >= 0.6 is 8.53 Å². The first-order valence-electron chi connectivity index (χ1n) is 2.47. The molecular weight excluding hydrogens is 125 g/mol. The van der Waals surface area contributed by atoms with Crippen molar-refractivity contribution in [2.75, 3.05) is 20.7 Å². The van der Waals surface area contributed by atoms with Crippen LogP contribution in [0.15, 0.2) is 0 Å². The molecule has 0 aromatic rings. The summed E-state index contributed by atoms with van der Waals surface area (Å²) in [5.41, 5.74) is 0. The van der Waals surface area contributed by atoms with Gasteiger partial charge in [-0.1, -0.05) is 0 Å². The molecule has 0 saturated carbocycles. The highest BCUT2D eigenvalue weighted by Crippen LogP contribution is 2.32. The summed E-state index contributed by atoms with van der Waals surface area (Å²) in [5.74, 6) is 0. The Labute approximate surface area is 51.2 Å². The molecule has 0 bridgehead atoms. The lowest BCUT2D eigenvalue weighted by Crippen LogP contribution is -2.05. The Kier molecular flexibility index (Phi) is 4.38. The van der Waals surface area contributed by atoms with E-state index in [1.807, 2.05) is 6.92 Å². The highest BCUT2D eigenvalue weighted by atomic mass is 31.2. The molecule has 0 aliphatic carbocycles. The van der Waals surface area contributed by atoms with Gasteiger partial charge in [-0.25, -0.2) is 4.67 Å². The van der Waals surface area contributed by atoms with Crippen LogP contribution in [0.1, 0.15) is 6.92 Å². The average molecular weight is 137 g/mol. The summed E-state index contributed by atoms with van der Waals surface area (Å²) in [4.78, 5) is 8.89. The van der Waals surface area contributed by atoms with Gasteiger partial charge in [0, 0.05) is 0 Å². The van der Waals surface area contributed by atoms with Gasteiger partial charge >= 0.3 is 0 Å². The monoisotopic (exact) mass is 137 g/mol. The molecule has 0 fully saturated rings. The van der Waals surface area contributed by atoms with Crippen LogP contribution < -0.4 is 0 Å². The van der Waals surface area contributed by atoms with Gasteiger partial charge < -0.3 is 9.42 Å². The molecule has 0 aliphatic heterocycles. The Bertz CT molecular complexity index is 60.0. The summed E-state index contributed by atoms with van der Waals surface area (Å²) in [6.45, 7) is 2.43. The molecule has 3 nitrogen and oxygen atoms in total. The van der Waals surface area contributed by atoms with Gasteiger partial charge in [0.2, 0.25) is 0 Å². The standard InChI is InChI=1S/C4H12NO2P/c1-4-7-8(6)5(2)3/h6H,4H2,1-3H3. The van der Waals surface area contributed by atoms with Crippen molar-refractivity contribution in [1.82, 2.24) is 4.67 Å². The molecule has 0 radical (unpaired) electrons. The van der Waals surface area contributed by atoms with E-state index in [-0.39, 0.29) is 0 Å². The van der Waals surface area contributed by atoms with E-state index in [2.05, 4.69) is 0 Å². The van der Waals surface area contributed by atoms with Crippen LogP contribution in [-0.4, -0.2) is 30.3 Å². The zero-order valence-corrected chi connectivity index (χ0v) is 6.35. The minimum Gasteiger partial charge on any atom is -0.338 e. The van der Waals surface area contributed by atoms with Crippen molar-refractivity contribution in [2.45, 2.75) is 6.92 Å². The van der Waals surface area contributed by atoms with Crippen molar-refractivity contribution < 1.29 is 9.42 Å². The Hall–Kier alpha value is 0.310. The summed E-state index contributed by atoms with van der Waals surface area (Å²) in [7, 11) is 2.25. The van der Waals surface area contributed by atoms with Crippen LogP contribution in [0.4, 0.5) is 0 Å². The first-order valence-corrected chi connectivity index (χ1v) is 3.64. The molecule has 0 aromatic carbocycles. The molecule has 1 unspecified atom stereocenters. The van der Waals surface area contributed by atoms with E-state index in [1.54, 1.807) is 18.8 Å². The Morgan fingerprint density at radius 3 is 2.25 bits per heavy atom. The van der Waals surface area contributed by atoms with E-state index < -0.39 is 8.53 Å². The van der Waals surface area contributed by atoms with E-state index in [4.69, 9.17) is 9.42 Å². The van der Waals surface area contributed by atoms with Crippen LogP contribution in [-0.2, 0) is 4.52 Å². The highest BCUT2D eigenvalue weighted by Gasteiger charge is 2.04. The van der Waals surface area contributed by atoms with Gasteiger partial charge in [-0.05, 0) is 21.0 Å². The molecule has 0 amide bonds. The van der Waals surface area contributed by atoms with Gasteiger partial charge in [0.25, 0.3) is 8.53 Å². The predicted octanol–water partition coefficient (Wildman–Crippen LogP) is 0.804. The van der Waals surface area contributed by atoms with Crippen LogP contribution in [0, 0.1) is 0 Å². The lowest BCUT2D eigenvalue weighted by atomic mass is 10.9.